The summed E-state index contributed by atoms with van der Waals surface area (Å²) in [6.07, 6.45) is 2.43. The summed E-state index contributed by atoms with van der Waals surface area (Å²) in [6, 6.07) is 0. The van der Waals surface area contributed by atoms with Crippen LogP contribution in [0.15, 0.2) is 4.90 Å². The Bertz CT molecular complexity index is 578. The van der Waals surface area contributed by atoms with Crippen LogP contribution in [0.5, 0.6) is 0 Å². The molecular weight excluding hydrogens is 294 g/mol. The molecule has 1 heterocycles. The van der Waals surface area contributed by atoms with E-state index in [1.807, 2.05) is 0 Å². The molecule has 7 nitrogen and oxygen atoms in total. The minimum atomic E-state index is -3.60. The standard InChI is InChI=1S/C13H23N3O4S/c1-10-13(11(2)16(15-10)6-7-17)21(18,19)14-5-8-20-9-12-3-4-12/h12,14,17H,3-9H2,1-2H3. The van der Waals surface area contributed by atoms with Crippen molar-refractivity contribution < 1.29 is 18.3 Å². The molecule has 0 aromatic carbocycles. The number of ether oxygens (including phenoxy) is 1. The third-order valence-corrected chi connectivity index (χ3v) is 5.20. The second-order valence-electron chi connectivity index (χ2n) is 5.36. The van der Waals surface area contributed by atoms with Gasteiger partial charge in [0.25, 0.3) is 0 Å². The zero-order chi connectivity index (χ0) is 15.5. The van der Waals surface area contributed by atoms with E-state index in [-0.39, 0.29) is 24.6 Å². The van der Waals surface area contributed by atoms with Gasteiger partial charge >= 0.3 is 0 Å². The number of aromatic nitrogens is 2. The number of sulfonamides is 1. The molecule has 0 bridgehead atoms. The number of rotatable bonds is 9. The maximum atomic E-state index is 12.3. The number of hydrogen-bond acceptors (Lipinski definition) is 5. The molecule has 1 aromatic rings. The van der Waals surface area contributed by atoms with Gasteiger partial charge in [-0.3, -0.25) is 4.68 Å². The van der Waals surface area contributed by atoms with Crippen molar-refractivity contribution >= 4 is 10.0 Å². The van der Waals surface area contributed by atoms with Crippen molar-refractivity contribution in [1.29, 1.82) is 0 Å². The van der Waals surface area contributed by atoms with E-state index in [1.54, 1.807) is 13.8 Å². The molecule has 8 heteroatoms. The SMILES string of the molecule is Cc1nn(CCO)c(C)c1S(=O)(=O)NCCOCC1CC1. The number of nitrogens with zero attached hydrogens (tertiary/aromatic N) is 2. The number of aryl methyl sites for hydroxylation is 1. The minimum Gasteiger partial charge on any atom is -0.394 e. The van der Waals surface area contributed by atoms with Gasteiger partial charge in [-0.2, -0.15) is 5.10 Å². The summed E-state index contributed by atoms with van der Waals surface area (Å²) < 4.78 is 34.1. The van der Waals surface area contributed by atoms with E-state index in [1.165, 1.54) is 17.5 Å². The molecule has 0 radical (unpaired) electrons. The maximum Gasteiger partial charge on any atom is 0.244 e. The van der Waals surface area contributed by atoms with E-state index in [0.29, 0.717) is 30.5 Å². The first-order chi connectivity index (χ1) is 9.95. The Morgan fingerprint density at radius 3 is 2.76 bits per heavy atom. The van der Waals surface area contributed by atoms with E-state index < -0.39 is 10.0 Å². The first-order valence-corrected chi connectivity index (χ1v) is 8.66. The lowest BCUT2D eigenvalue weighted by Gasteiger charge is -2.08. The lowest BCUT2D eigenvalue weighted by Crippen LogP contribution is -2.28. The summed E-state index contributed by atoms with van der Waals surface area (Å²) in [4.78, 5) is 0.193. The average molecular weight is 317 g/mol. The van der Waals surface area contributed by atoms with Crippen molar-refractivity contribution in [3.8, 4) is 0 Å². The number of hydrogen-bond donors (Lipinski definition) is 2. The van der Waals surface area contributed by atoms with Crippen LogP contribution < -0.4 is 4.72 Å². The van der Waals surface area contributed by atoms with Crippen LogP contribution in [0.25, 0.3) is 0 Å². The Morgan fingerprint density at radius 2 is 2.14 bits per heavy atom. The van der Waals surface area contributed by atoms with Crippen LogP contribution in [0, 0.1) is 19.8 Å². The number of aliphatic hydroxyl groups is 1. The lowest BCUT2D eigenvalue weighted by atomic mass is 10.4. The molecule has 0 saturated heterocycles. The lowest BCUT2D eigenvalue weighted by molar-refractivity contribution is 0.129. The molecule has 2 rings (SSSR count). The highest BCUT2D eigenvalue weighted by Gasteiger charge is 2.24. The zero-order valence-electron chi connectivity index (χ0n) is 12.5. The second kappa shape index (κ2) is 6.87. The predicted octanol–water partition coefficient (Wildman–Crippen LogP) is 0.197. The van der Waals surface area contributed by atoms with Gasteiger partial charge in [-0.15, -0.1) is 0 Å². The van der Waals surface area contributed by atoms with Crippen molar-refractivity contribution in [2.75, 3.05) is 26.4 Å². The Kier molecular flexibility index (Phi) is 5.37. The largest absolute Gasteiger partial charge is 0.394 e. The zero-order valence-corrected chi connectivity index (χ0v) is 13.3. The summed E-state index contributed by atoms with van der Waals surface area (Å²) in [5.74, 6) is 0.669. The van der Waals surface area contributed by atoms with Gasteiger partial charge in [0.05, 0.1) is 31.1 Å². The Balaban J connectivity index is 1.94. The average Bonchev–Trinajstić information content (AvgIpc) is 3.16. The molecule has 0 unspecified atom stereocenters. The minimum absolute atomic E-state index is 0.0795. The summed E-state index contributed by atoms with van der Waals surface area (Å²) in [5, 5.41) is 13.1. The molecule has 0 atom stereocenters. The Labute approximate surface area is 125 Å². The summed E-state index contributed by atoms with van der Waals surface area (Å²) in [6.45, 7) is 4.88. The molecule has 1 aliphatic rings. The molecule has 1 aliphatic carbocycles. The maximum absolute atomic E-state index is 12.3. The van der Waals surface area contributed by atoms with Crippen molar-refractivity contribution in [2.24, 2.45) is 5.92 Å². The van der Waals surface area contributed by atoms with Gasteiger partial charge in [0, 0.05) is 13.2 Å². The normalized spacial score (nSPS) is 15.6. The van der Waals surface area contributed by atoms with Gasteiger partial charge in [0.1, 0.15) is 4.90 Å². The van der Waals surface area contributed by atoms with Crippen LogP contribution >= 0.6 is 0 Å². The molecule has 0 amide bonds. The number of nitrogens with one attached hydrogen (secondary N) is 1. The van der Waals surface area contributed by atoms with Crippen LogP contribution in [-0.4, -0.2) is 49.7 Å². The van der Waals surface area contributed by atoms with Crippen molar-refractivity contribution in [3.05, 3.63) is 11.4 Å². The summed E-state index contributed by atoms with van der Waals surface area (Å²) in [5.41, 5.74) is 0.972. The van der Waals surface area contributed by atoms with Crippen LogP contribution in [0.3, 0.4) is 0 Å². The smallest absolute Gasteiger partial charge is 0.244 e. The molecule has 2 N–H and O–H groups in total. The van der Waals surface area contributed by atoms with Crippen LogP contribution in [-0.2, 0) is 21.3 Å². The molecule has 1 aromatic heterocycles. The first kappa shape index (κ1) is 16.4. The van der Waals surface area contributed by atoms with Gasteiger partial charge in [0.15, 0.2) is 0 Å². The fourth-order valence-electron chi connectivity index (χ4n) is 2.24. The van der Waals surface area contributed by atoms with E-state index in [2.05, 4.69) is 9.82 Å². The van der Waals surface area contributed by atoms with Gasteiger partial charge in [-0.05, 0) is 32.6 Å². The second-order valence-corrected chi connectivity index (χ2v) is 7.07. The van der Waals surface area contributed by atoms with Crippen LogP contribution in [0.1, 0.15) is 24.2 Å². The van der Waals surface area contributed by atoms with Crippen LogP contribution in [0.4, 0.5) is 0 Å². The summed E-state index contributed by atoms with van der Waals surface area (Å²) in [7, 11) is -3.60. The van der Waals surface area contributed by atoms with Gasteiger partial charge in [-0.1, -0.05) is 0 Å². The fraction of sp³-hybridized carbons (Fsp3) is 0.769. The topological polar surface area (TPSA) is 93.5 Å². The third-order valence-electron chi connectivity index (χ3n) is 3.48. The molecule has 21 heavy (non-hydrogen) atoms. The van der Waals surface area contributed by atoms with Gasteiger partial charge < -0.3 is 9.84 Å². The fourth-order valence-corrected chi connectivity index (χ4v) is 3.66. The molecular formula is C13H23N3O4S. The van der Waals surface area contributed by atoms with Crippen LogP contribution in [0.2, 0.25) is 0 Å². The monoisotopic (exact) mass is 317 g/mol. The highest BCUT2D eigenvalue weighted by Crippen LogP contribution is 2.28. The third kappa shape index (κ3) is 4.26. The van der Waals surface area contributed by atoms with Gasteiger partial charge in [0.2, 0.25) is 10.0 Å². The molecule has 0 aliphatic heterocycles. The predicted molar refractivity (Wildman–Crippen MR) is 77.5 cm³/mol. The van der Waals surface area contributed by atoms with E-state index in [4.69, 9.17) is 9.84 Å². The van der Waals surface area contributed by atoms with E-state index >= 15 is 0 Å². The van der Waals surface area contributed by atoms with Crippen molar-refractivity contribution in [1.82, 2.24) is 14.5 Å². The number of aliphatic hydroxyl groups excluding tert-OH is 1. The molecule has 1 fully saturated rings. The highest BCUT2D eigenvalue weighted by molar-refractivity contribution is 7.89. The van der Waals surface area contributed by atoms with Crippen molar-refractivity contribution in [3.63, 3.8) is 0 Å². The Morgan fingerprint density at radius 1 is 1.43 bits per heavy atom. The highest BCUT2D eigenvalue weighted by atomic mass is 32.2. The van der Waals surface area contributed by atoms with Gasteiger partial charge in [-0.25, -0.2) is 13.1 Å². The van der Waals surface area contributed by atoms with Crippen molar-refractivity contribution in [2.45, 2.75) is 38.1 Å². The quantitative estimate of drug-likeness (QED) is 0.635. The molecule has 1 saturated carbocycles. The first-order valence-electron chi connectivity index (χ1n) is 7.18. The Hall–Kier alpha value is -0.960. The van der Waals surface area contributed by atoms with E-state index in [0.717, 1.165) is 0 Å². The molecule has 120 valence electrons. The molecule has 0 spiro atoms. The summed E-state index contributed by atoms with van der Waals surface area (Å²) >= 11 is 0. The van der Waals surface area contributed by atoms with E-state index in [9.17, 15) is 8.42 Å².